The van der Waals surface area contributed by atoms with Crippen molar-refractivity contribution in [2.24, 2.45) is 4.99 Å². The summed E-state index contributed by atoms with van der Waals surface area (Å²) in [5.74, 6) is 0.796. The van der Waals surface area contributed by atoms with Gasteiger partial charge in [-0.1, -0.05) is 24.3 Å². The van der Waals surface area contributed by atoms with Gasteiger partial charge >= 0.3 is 0 Å². The van der Waals surface area contributed by atoms with Crippen LogP contribution in [0.25, 0.3) is 0 Å². The maximum absolute atomic E-state index is 11.5. The summed E-state index contributed by atoms with van der Waals surface area (Å²) in [6.45, 7) is 4.27. The van der Waals surface area contributed by atoms with Crippen molar-refractivity contribution in [1.29, 1.82) is 0 Å². The minimum absolute atomic E-state index is 0. The average molecular weight is 545 g/mol. The first-order valence-electron chi connectivity index (χ1n) is 9.87. The van der Waals surface area contributed by atoms with E-state index in [4.69, 9.17) is 0 Å². The Balaban J connectivity index is 0.00000450. The molecule has 8 heteroatoms. The molecule has 2 rings (SSSR count). The molecule has 0 amide bonds. The Hall–Kier alpha value is -1.81. The molecule has 6 nitrogen and oxygen atoms in total. The maximum atomic E-state index is 11.5. The van der Waals surface area contributed by atoms with Crippen molar-refractivity contribution in [3.8, 4) is 0 Å². The first kappa shape index (κ1) is 26.2. The molecule has 0 spiro atoms. The lowest BCUT2D eigenvalue weighted by Gasteiger charge is -2.14. The Labute approximate surface area is 198 Å². The quantitative estimate of drug-likeness (QED) is 0.289. The molecule has 166 valence electrons. The molecule has 2 aromatic rings. The van der Waals surface area contributed by atoms with E-state index in [0.29, 0.717) is 11.4 Å². The molecule has 0 aliphatic rings. The number of anilines is 1. The van der Waals surface area contributed by atoms with Crippen molar-refractivity contribution in [1.82, 2.24) is 10.6 Å². The van der Waals surface area contributed by atoms with Gasteiger partial charge in [-0.2, -0.15) is 0 Å². The Morgan fingerprint density at radius 2 is 1.50 bits per heavy atom. The Morgan fingerprint density at radius 1 is 0.933 bits per heavy atom. The number of hydrogen-bond acceptors (Lipinski definition) is 4. The van der Waals surface area contributed by atoms with Crippen LogP contribution in [-0.4, -0.2) is 54.4 Å². The molecule has 0 fully saturated rings. The fraction of sp³-hybridized carbons (Fsp3) is 0.409. The summed E-state index contributed by atoms with van der Waals surface area (Å²) in [5.41, 5.74) is 3.55. The predicted octanol–water partition coefficient (Wildman–Crippen LogP) is 3.11. The lowest BCUT2D eigenvalue weighted by molar-refractivity contribution is 0.602. The average Bonchev–Trinajstić information content (AvgIpc) is 2.68. The van der Waals surface area contributed by atoms with Gasteiger partial charge < -0.3 is 15.5 Å². The number of nitrogens with zero attached hydrogens (tertiary/aromatic N) is 2. The predicted molar refractivity (Wildman–Crippen MR) is 137 cm³/mol. The largest absolute Gasteiger partial charge is 0.378 e. The summed E-state index contributed by atoms with van der Waals surface area (Å²) in [6.07, 6.45) is 2.90. The SMILES string of the molecule is CCNC(=NCCc1ccc(S(C)(=O)=O)cc1)NCCc1ccc(N(C)C)cc1.I. The molecule has 0 saturated carbocycles. The first-order valence-corrected chi connectivity index (χ1v) is 11.8. The van der Waals surface area contributed by atoms with Crippen LogP contribution in [-0.2, 0) is 22.7 Å². The summed E-state index contributed by atoms with van der Waals surface area (Å²) < 4.78 is 23.1. The zero-order chi connectivity index (χ0) is 21.3. The van der Waals surface area contributed by atoms with Crippen LogP contribution in [0.1, 0.15) is 18.1 Å². The second-order valence-electron chi connectivity index (χ2n) is 7.16. The van der Waals surface area contributed by atoms with Gasteiger partial charge in [-0.05, 0) is 55.2 Å². The van der Waals surface area contributed by atoms with E-state index in [0.717, 1.165) is 37.5 Å². The molecular weight excluding hydrogens is 511 g/mol. The smallest absolute Gasteiger partial charge is 0.191 e. The van der Waals surface area contributed by atoms with Gasteiger partial charge in [-0.25, -0.2) is 8.42 Å². The van der Waals surface area contributed by atoms with E-state index in [2.05, 4.69) is 44.8 Å². The van der Waals surface area contributed by atoms with E-state index in [1.807, 2.05) is 33.2 Å². The van der Waals surface area contributed by atoms with Crippen LogP contribution in [0.3, 0.4) is 0 Å². The van der Waals surface area contributed by atoms with E-state index < -0.39 is 9.84 Å². The number of rotatable bonds is 9. The van der Waals surface area contributed by atoms with Crippen LogP contribution in [0, 0.1) is 0 Å². The van der Waals surface area contributed by atoms with E-state index >= 15 is 0 Å². The van der Waals surface area contributed by atoms with Gasteiger partial charge in [-0.3, -0.25) is 4.99 Å². The van der Waals surface area contributed by atoms with Gasteiger partial charge in [0.1, 0.15) is 0 Å². The third-order valence-electron chi connectivity index (χ3n) is 4.52. The zero-order valence-corrected chi connectivity index (χ0v) is 21.3. The highest BCUT2D eigenvalue weighted by atomic mass is 127. The van der Waals surface area contributed by atoms with Crippen molar-refractivity contribution in [3.05, 3.63) is 59.7 Å². The van der Waals surface area contributed by atoms with E-state index in [9.17, 15) is 8.42 Å². The lowest BCUT2D eigenvalue weighted by atomic mass is 10.1. The topological polar surface area (TPSA) is 73.8 Å². The van der Waals surface area contributed by atoms with Crippen molar-refractivity contribution >= 4 is 45.5 Å². The van der Waals surface area contributed by atoms with Gasteiger partial charge in [-0.15, -0.1) is 24.0 Å². The summed E-state index contributed by atoms with van der Waals surface area (Å²) >= 11 is 0. The van der Waals surface area contributed by atoms with Crippen LogP contribution >= 0.6 is 24.0 Å². The fourth-order valence-electron chi connectivity index (χ4n) is 2.83. The standard InChI is InChI=1S/C22H32N4O2S.HI/c1-5-23-22(24-16-14-18-6-10-20(11-7-18)26(2)3)25-17-15-19-8-12-21(13-9-19)29(4,27)28;/h6-13H,5,14-17H2,1-4H3,(H2,23,24,25);1H. The Kier molecular flexibility index (Phi) is 11.2. The van der Waals surface area contributed by atoms with Crippen LogP contribution in [0.4, 0.5) is 5.69 Å². The summed E-state index contributed by atoms with van der Waals surface area (Å²) in [4.78, 5) is 7.05. The van der Waals surface area contributed by atoms with Crippen molar-refractivity contribution in [2.75, 3.05) is 44.9 Å². The second kappa shape index (κ2) is 12.8. The summed E-state index contributed by atoms with van der Waals surface area (Å²) in [7, 11) is 0.924. The molecule has 2 aromatic carbocycles. The molecule has 0 aliphatic carbocycles. The molecule has 0 bridgehead atoms. The number of guanidine groups is 1. The summed E-state index contributed by atoms with van der Waals surface area (Å²) in [6, 6.07) is 15.6. The molecule has 0 aromatic heterocycles. The maximum Gasteiger partial charge on any atom is 0.191 e. The number of sulfone groups is 1. The van der Waals surface area contributed by atoms with Gasteiger partial charge in [0, 0.05) is 45.7 Å². The minimum Gasteiger partial charge on any atom is -0.378 e. The molecular formula is C22H33IN4O2S. The number of halogens is 1. The molecule has 0 heterocycles. The lowest BCUT2D eigenvalue weighted by Crippen LogP contribution is -2.38. The monoisotopic (exact) mass is 544 g/mol. The molecule has 0 unspecified atom stereocenters. The van der Waals surface area contributed by atoms with Crippen LogP contribution < -0.4 is 15.5 Å². The van der Waals surface area contributed by atoms with Crippen LogP contribution in [0.15, 0.2) is 58.4 Å². The van der Waals surface area contributed by atoms with Crippen molar-refractivity contribution in [3.63, 3.8) is 0 Å². The van der Waals surface area contributed by atoms with Gasteiger partial charge in [0.05, 0.1) is 4.90 Å². The van der Waals surface area contributed by atoms with E-state index in [-0.39, 0.29) is 24.0 Å². The fourth-order valence-corrected chi connectivity index (χ4v) is 3.46. The molecule has 0 atom stereocenters. The Bertz CT molecular complexity index is 896. The highest BCUT2D eigenvalue weighted by molar-refractivity contribution is 14.0. The number of benzene rings is 2. The molecule has 2 N–H and O–H groups in total. The van der Waals surface area contributed by atoms with Crippen LogP contribution in [0.5, 0.6) is 0 Å². The highest BCUT2D eigenvalue weighted by Crippen LogP contribution is 2.12. The molecule has 30 heavy (non-hydrogen) atoms. The molecule has 0 radical (unpaired) electrons. The highest BCUT2D eigenvalue weighted by Gasteiger charge is 2.06. The van der Waals surface area contributed by atoms with Crippen molar-refractivity contribution < 1.29 is 8.42 Å². The second-order valence-corrected chi connectivity index (χ2v) is 9.18. The summed E-state index contributed by atoms with van der Waals surface area (Å²) in [5, 5.41) is 6.63. The van der Waals surface area contributed by atoms with Crippen molar-refractivity contribution in [2.45, 2.75) is 24.7 Å². The zero-order valence-electron chi connectivity index (χ0n) is 18.2. The van der Waals surface area contributed by atoms with Crippen LogP contribution in [0.2, 0.25) is 0 Å². The van der Waals surface area contributed by atoms with Gasteiger partial charge in [0.2, 0.25) is 0 Å². The molecule has 0 saturated heterocycles. The van der Waals surface area contributed by atoms with E-state index in [1.165, 1.54) is 17.5 Å². The third-order valence-corrected chi connectivity index (χ3v) is 5.65. The van der Waals surface area contributed by atoms with Gasteiger partial charge in [0.25, 0.3) is 0 Å². The number of aliphatic imine (C=N–C) groups is 1. The molecule has 0 aliphatic heterocycles. The van der Waals surface area contributed by atoms with E-state index in [1.54, 1.807) is 12.1 Å². The minimum atomic E-state index is -3.15. The number of nitrogens with one attached hydrogen (secondary N) is 2. The third kappa shape index (κ3) is 8.91. The normalized spacial score (nSPS) is 11.5. The van der Waals surface area contributed by atoms with Gasteiger partial charge in [0.15, 0.2) is 15.8 Å². The Morgan fingerprint density at radius 3 is 2.03 bits per heavy atom. The number of hydrogen-bond donors (Lipinski definition) is 2. The first-order chi connectivity index (χ1) is 13.8.